The zero-order valence-corrected chi connectivity index (χ0v) is 25.2. The zero-order valence-electron chi connectivity index (χ0n) is 25.2. The number of esters is 1. The third-order valence-electron chi connectivity index (χ3n) is 10.0. The Morgan fingerprint density at radius 3 is 2.55 bits per heavy atom. The lowest BCUT2D eigenvalue weighted by Crippen LogP contribution is -2.48. The lowest BCUT2D eigenvalue weighted by atomic mass is 9.86. The van der Waals surface area contributed by atoms with Crippen LogP contribution < -0.4 is 10.3 Å². The molecule has 3 aromatic rings. The number of rotatable bonds is 4. The quantitative estimate of drug-likeness (QED) is 0.430. The maximum atomic E-state index is 13.6. The fraction of sp³-hybridized carbons (Fsp3) is 0.515. The van der Waals surface area contributed by atoms with Gasteiger partial charge < -0.3 is 29.5 Å². The van der Waals surface area contributed by atoms with Gasteiger partial charge in [0.25, 0.3) is 5.56 Å². The van der Waals surface area contributed by atoms with Crippen molar-refractivity contribution in [3.63, 3.8) is 0 Å². The number of cyclic esters (lactones) is 1. The fourth-order valence-electron chi connectivity index (χ4n) is 7.53. The second-order valence-electron chi connectivity index (χ2n) is 12.3. The van der Waals surface area contributed by atoms with E-state index in [2.05, 4.69) is 4.90 Å². The van der Waals surface area contributed by atoms with Gasteiger partial charge in [0.15, 0.2) is 11.8 Å². The van der Waals surface area contributed by atoms with Gasteiger partial charge in [-0.1, -0.05) is 20.3 Å². The summed E-state index contributed by atoms with van der Waals surface area (Å²) in [6.45, 7) is 6.94. The first-order valence-corrected chi connectivity index (χ1v) is 15.8. The molecule has 44 heavy (non-hydrogen) atoms. The summed E-state index contributed by atoms with van der Waals surface area (Å²) < 4.78 is 12.2. The van der Waals surface area contributed by atoms with E-state index in [0.717, 1.165) is 31.5 Å². The molecule has 6 heterocycles. The minimum atomic E-state index is -1.96. The van der Waals surface area contributed by atoms with Gasteiger partial charge >= 0.3 is 12.1 Å². The van der Waals surface area contributed by atoms with Crippen molar-refractivity contribution >= 4 is 23.0 Å². The number of aromatic nitrogens is 2. The molecule has 2 atom stereocenters. The molecule has 0 spiro atoms. The number of nitrogens with zero attached hydrogens (tertiary/aromatic N) is 4. The zero-order chi connectivity index (χ0) is 30.7. The fourth-order valence-corrected chi connectivity index (χ4v) is 7.53. The highest BCUT2D eigenvalue weighted by atomic mass is 16.6. The topological polar surface area (TPSA) is 134 Å². The van der Waals surface area contributed by atoms with Gasteiger partial charge in [0, 0.05) is 35.6 Å². The summed E-state index contributed by atoms with van der Waals surface area (Å²) in [5, 5.41) is 23.4. The first-order valence-electron chi connectivity index (χ1n) is 15.8. The lowest BCUT2D eigenvalue weighted by Gasteiger charge is -2.39. The molecule has 0 aliphatic carbocycles. The largest absolute Gasteiger partial charge is 0.458 e. The second-order valence-corrected chi connectivity index (χ2v) is 12.3. The van der Waals surface area contributed by atoms with E-state index in [4.69, 9.17) is 14.5 Å². The number of amides is 1. The number of hydrogen-bond acceptors (Lipinski definition) is 9. The molecule has 2 saturated heterocycles. The van der Waals surface area contributed by atoms with Crippen molar-refractivity contribution in [1.29, 1.82) is 0 Å². The van der Waals surface area contributed by atoms with Crippen LogP contribution in [0.1, 0.15) is 80.9 Å². The number of benzene rings is 1. The maximum absolute atomic E-state index is 13.6. The van der Waals surface area contributed by atoms with E-state index in [-0.39, 0.29) is 30.2 Å². The van der Waals surface area contributed by atoms with Crippen molar-refractivity contribution in [1.82, 2.24) is 19.4 Å². The summed E-state index contributed by atoms with van der Waals surface area (Å²) >= 11 is 0. The molecule has 11 nitrogen and oxygen atoms in total. The predicted molar refractivity (Wildman–Crippen MR) is 161 cm³/mol. The van der Waals surface area contributed by atoms with E-state index >= 15 is 0 Å². The normalized spacial score (nSPS) is 23.7. The van der Waals surface area contributed by atoms with Crippen LogP contribution in [0.3, 0.4) is 0 Å². The van der Waals surface area contributed by atoms with Crippen LogP contribution in [0.2, 0.25) is 0 Å². The molecule has 0 bridgehead atoms. The van der Waals surface area contributed by atoms with E-state index in [1.165, 1.54) is 23.8 Å². The van der Waals surface area contributed by atoms with Crippen LogP contribution in [0, 0.1) is 0 Å². The number of ether oxygens (including phenoxy) is 2. The molecular weight excluding hydrogens is 564 g/mol. The molecule has 0 radical (unpaired) electrons. The summed E-state index contributed by atoms with van der Waals surface area (Å²) in [4.78, 5) is 48.4. The number of piperidine rings is 2. The van der Waals surface area contributed by atoms with Crippen molar-refractivity contribution in [3.05, 3.63) is 56.9 Å². The van der Waals surface area contributed by atoms with E-state index in [1.807, 2.05) is 6.92 Å². The molecule has 2 N–H and O–H groups in total. The predicted octanol–water partition coefficient (Wildman–Crippen LogP) is 3.58. The lowest BCUT2D eigenvalue weighted by molar-refractivity contribution is -0.172. The van der Waals surface area contributed by atoms with Gasteiger partial charge in [0.2, 0.25) is 0 Å². The Balaban J connectivity index is 1.19. The number of aryl methyl sites for hydroxylation is 1. The first kappa shape index (κ1) is 28.9. The summed E-state index contributed by atoms with van der Waals surface area (Å²) in [7, 11) is 0. The van der Waals surface area contributed by atoms with Crippen LogP contribution in [0.15, 0.2) is 29.1 Å². The minimum absolute atomic E-state index is 0.0282. The standard InChI is InChI=1S/C33H38N4O7/c1-3-21-22-16-20(44-32(41)36-14-10-19(11-15-36)35-12-6-5-7-13-35)8-9-25(22)34-28-26-17-24-23(18-43-31(40)33(24,42)4-2)29(38)37(26)30(39)27(21)28/h8-9,16-17,19,30,39,42H,3-7,10-15,18H2,1-2H3. The first-order chi connectivity index (χ1) is 21.2. The van der Waals surface area contributed by atoms with Crippen molar-refractivity contribution in [2.45, 2.75) is 83.3 Å². The Labute approximate surface area is 255 Å². The van der Waals surface area contributed by atoms with Gasteiger partial charge in [-0.3, -0.25) is 9.36 Å². The van der Waals surface area contributed by atoms with Crippen LogP contribution in [-0.2, 0) is 28.2 Å². The molecule has 232 valence electrons. The minimum Gasteiger partial charge on any atom is -0.458 e. The maximum Gasteiger partial charge on any atom is 0.415 e. The summed E-state index contributed by atoms with van der Waals surface area (Å²) in [5.41, 5.74) is 0.453. The average molecular weight is 603 g/mol. The van der Waals surface area contributed by atoms with Crippen LogP contribution in [-0.4, -0.2) is 73.8 Å². The van der Waals surface area contributed by atoms with Gasteiger partial charge in [0.05, 0.1) is 22.5 Å². The molecule has 1 amide bonds. The highest BCUT2D eigenvalue weighted by Crippen LogP contribution is 2.44. The van der Waals surface area contributed by atoms with E-state index < -0.39 is 23.4 Å². The molecule has 4 aliphatic rings. The monoisotopic (exact) mass is 602 g/mol. The molecule has 2 aromatic heterocycles. The second kappa shape index (κ2) is 11.0. The number of aliphatic hydroxyl groups is 2. The van der Waals surface area contributed by atoms with Crippen LogP contribution >= 0.6 is 0 Å². The van der Waals surface area contributed by atoms with Crippen molar-refractivity contribution in [2.75, 3.05) is 26.2 Å². The Morgan fingerprint density at radius 2 is 1.84 bits per heavy atom. The van der Waals surface area contributed by atoms with Crippen molar-refractivity contribution in [3.8, 4) is 17.1 Å². The molecular formula is C33H38N4O7. The molecule has 0 saturated carbocycles. The Hall–Kier alpha value is -3.80. The SMILES string of the molecule is CCc1c2c(nc3ccc(OC(=O)N4CCC(N5CCCCC5)CC4)cc13)-c1cc3c(c(=O)n1C2O)COC(=O)C3(O)CC. The highest BCUT2D eigenvalue weighted by Gasteiger charge is 2.46. The van der Waals surface area contributed by atoms with Crippen LogP contribution in [0.25, 0.3) is 22.3 Å². The molecule has 4 aliphatic heterocycles. The van der Waals surface area contributed by atoms with Crippen LogP contribution in [0.4, 0.5) is 4.79 Å². The summed E-state index contributed by atoms with van der Waals surface area (Å²) in [6.07, 6.45) is 4.55. The number of likely N-dealkylation sites (tertiary alicyclic amines) is 2. The third kappa shape index (κ3) is 4.43. The number of hydrogen-bond donors (Lipinski definition) is 2. The van der Waals surface area contributed by atoms with E-state index in [1.54, 1.807) is 36.1 Å². The number of carbonyl (C=O) groups is 2. The van der Waals surface area contributed by atoms with E-state index in [9.17, 15) is 24.6 Å². The highest BCUT2D eigenvalue weighted by molar-refractivity contribution is 5.90. The van der Waals surface area contributed by atoms with Gasteiger partial charge in [-0.05, 0) is 81.4 Å². The van der Waals surface area contributed by atoms with Gasteiger partial charge in [-0.15, -0.1) is 0 Å². The van der Waals surface area contributed by atoms with Gasteiger partial charge in [-0.25, -0.2) is 14.6 Å². The molecule has 11 heteroatoms. The Morgan fingerprint density at radius 1 is 1.09 bits per heavy atom. The summed E-state index contributed by atoms with van der Waals surface area (Å²) in [5.74, 6) is -0.414. The number of fused-ring (bicyclic) bond motifs is 5. The third-order valence-corrected chi connectivity index (χ3v) is 10.0. The number of carbonyl (C=O) groups excluding carboxylic acids is 2. The van der Waals surface area contributed by atoms with E-state index in [0.29, 0.717) is 59.2 Å². The molecule has 2 unspecified atom stereocenters. The van der Waals surface area contributed by atoms with Gasteiger partial charge in [-0.2, -0.15) is 0 Å². The van der Waals surface area contributed by atoms with Crippen molar-refractivity contribution < 1.29 is 29.3 Å². The number of aliphatic hydroxyl groups excluding tert-OH is 1. The van der Waals surface area contributed by atoms with Crippen molar-refractivity contribution in [2.24, 2.45) is 0 Å². The smallest absolute Gasteiger partial charge is 0.415 e. The Bertz CT molecular complexity index is 1720. The van der Waals surface area contributed by atoms with Gasteiger partial charge in [0.1, 0.15) is 12.4 Å². The molecule has 2 fully saturated rings. The number of pyridine rings is 2. The summed E-state index contributed by atoms with van der Waals surface area (Å²) in [6, 6.07) is 7.35. The van der Waals surface area contributed by atoms with Crippen LogP contribution in [0.5, 0.6) is 5.75 Å². The Kier molecular flexibility index (Phi) is 7.22. The molecule has 7 rings (SSSR count). The molecule has 1 aromatic carbocycles. The average Bonchev–Trinajstić information content (AvgIpc) is 3.33.